The van der Waals surface area contributed by atoms with E-state index < -0.39 is 0 Å². The number of hydrogen-bond donors (Lipinski definition) is 1. The van der Waals surface area contributed by atoms with Gasteiger partial charge in [-0.25, -0.2) is 9.37 Å². The van der Waals surface area contributed by atoms with Gasteiger partial charge in [-0.3, -0.25) is 0 Å². The third kappa shape index (κ3) is 2.90. The Morgan fingerprint density at radius 2 is 1.65 bits per heavy atom. The fraction of sp³-hybridized carbons (Fsp3) is 0.211. The van der Waals surface area contributed by atoms with E-state index in [4.69, 9.17) is 4.98 Å². The Labute approximate surface area is 135 Å². The number of imidazole rings is 1. The van der Waals surface area contributed by atoms with Crippen molar-refractivity contribution in [2.24, 2.45) is 0 Å². The molecule has 0 aliphatic heterocycles. The molecule has 0 spiro atoms. The highest BCUT2D eigenvalue weighted by Gasteiger charge is 2.20. The Hall–Kier alpha value is -2.46. The molecule has 0 unspecified atom stereocenters. The quantitative estimate of drug-likeness (QED) is 0.774. The average molecular weight is 310 g/mol. The molecular formula is C19H19FN2O. The SMILES string of the molecule is CC(C)n1c(-c2ccccc2)nc(-c2ccc(F)cc2)c1CO. The lowest BCUT2D eigenvalue weighted by atomic mass is 10.1. The lowest BCUT2D eigenvalue weighted by molar-refractivity contribution is 0.269. The molecule has 0 radical (unpaired) electrons. The van der Waals surface area contributed by atoms with Crippen LogP contribution >= 0.6 is 0 Å². The van der Waals surface area contributed by atoms with Crippen LogP contribution in [0.15, 0.2) is 54.6 Å². The first-order valence-corrected chi connectivity index (χ1v) is 7.65. The zero-order valence-corrected chi connectivity index (χ0v) is 13.2. The van der Waals surface area contributed by atoms with Crippen molar-refractivity contribution in [2.75, 3.05) is 0 Å². The fourth-order valence-corrected chi connectivity index (χ4v) is 2.80. The third-order valence-electron chi connectivity index (χ3n) is 3.83. The van der Waals surface area contributed by atoms with Crippen LogP contribution in [-0.4, -0.2) is 14.7 Å². The summed E-state index contributed by atoms with van der Waals surface area (Å²) in [6, 6.07) is 16.2. The number of halogens is 1. The van der Waals surface area contributed by atoms with Crippen LogP contribution in [0.1, 0.15) is 25.6 Å². The predicted octanol–water partition coefficient (Wildman–Crippen LogP) is 4.43. The number of aliphatic hydroxyl groups is 1. The Kier molecular flexibility index (Phi) is 4.26. The largest absolute Gasteiger partial charge is 0.390 e. The molecule has 0 saturated carbocycles. The Bertz CT molecular complexity index is 792. The summed E-state index contributed by atoms with van der Waals surface area (Å²) in [5.74, 6) is 0.523. The molecule has 3 aromatic rings. The molecule has 3 rings (SSSR count). The molecule has 0 aliphatic carbocycles. The normalized spacial score (nSPS) is 11.2. The van der Waals surface area contributed by atoms with E-state index in [0.29, 0.717) is 5.69 Å². The Morgan fingerprint density at radius 3 is 2.22 bits per heavy atom. The van der Waals surface area contributed by atoms with Crippen molar-refractivity contribution in [1.29, 1.82) is 0 Å². The summed E-state index contributed by atoms with van der Waals surface area (Å²) < 4.78 is 15.2. The van der Waals surface area contributed by atoms with Crippen LogP contribution in [0.5, 0.6) is 0 Å². The molecule has 4 heteroatoms. The molecule has 0 aliphatic rings. The van der Waals surface area contributed by atoms with Crippen LogP contribution in [0.4, 0.5) is 4.39 Å². The Morgan fingerprint density at radius 1 is 1.00 bits per heavy atom. The van der Waals surface area contributed by atoms with Crippen LogP contribution in [0.2, 0.25) is 0 Å². The van der Waals surface area contributed by atoms with Gasteiger partial charge in [0, 0.05) is 17.2 Å². The second-order valence-corrected chi connectivity index (χ2v) is 5.73. The number of hydrogen-bond acceptors (Lipinski definition) is 2. The van der Waals surface area contributed by atoms with E-state index in [1.807, 2.05) is 34.9 Å². The highest BCUT2D eigenvalue weighted by Crippen LogP contribution is 2.32. The summed E-state index contributed by atoms with van der Waals surface area (Å²) in [6.45, 7) is 3.99. The van der Waals surface area contributed by atoms with Crippen LogP contribution in [0.3, 0.4) is 0 Å². The molecule has 1 heterocycles. The molecule has 23 heavy (non-hydrogen) atoms. The van der Waals surface area contributed by atoms with Gasteiger partial charge < -0.3 is 9.67 Å². The van der Waals surface area contributed by atoms with Crippen molar-refractivity contribution in [1.82, 2.24) is 9.55 Å². The van der Waals surface area contributed by atoms with E-state index in [2.05, 4.69) is 13.8 Å². The first-order valence-electron chi connectivity index (χ1n) is 7.65. The minimum Gasteiger partial charge on any atom is -0.390 e. The van der Waals surface area contributed by atoms with E-state index in [1.165, 1.54) is 12.1 Å². The molecular weight excluding hydrogens is 291 g/mol. The monoisotopic (exact) mass is 310 g/mol. The summed E-state index contributed by atoms with van der Waals surface area (Å²) >= 11 is 0. The molecule has 0 bridgehead atoms. The van der Waals surface area contributed by atoms with Crippen LogP contribution < -0.4 is 0 Å². The van der Waals surface area contributed by atoms with E-state index in [1.54, 1.807) is 12.1 Å². The average Bonchev–Trinajstić information content (AvgIpc) is 2.96. The second kappa shape index (κ2) is 6.34. The van der Waals surface area contributed by atoms with Crippen molar-refractivity contribution in [3.63, 3.8) is 0 Å². The molecule has 0 fully saturated rings. The van der Waals surface area contributed by atoms with Gasteiger partial charge in [0.1, 0.15) is 11.6 Å². The molecule has 0 saturated heterocycles. The topological polar surface area (TPSA) is 38.0 Å². The third-order valence-corrected chi connectivity index (χ3v) is 3.83. The van der Waals surface area contributed by atoms with Crippen LogP contribution in [-0.2, 0) is 6.61 Å². The van der Waals surface area contributed by atoms with Gasteiger partial charge in [-0.2, -0.15) is 0 Å². The van der Waals surface area contributed by atoms with E-state index >= 15 is 0 Å². The summed E-state index contributed by atoms with van der Waals surface area (Å²) in [7, 11) is 0. The highest BCUT2D eigenvalue weighted by molar-refractivity contribution is 5.68. The van der Waals surface area contributed by atoms with Gasteiger partial charge in [-0.05, 0) is 38.1 Å². The standard InChI is InChI=1S/C19H19FN2O/c1-13(2)22-17(12-23)18(14-8-10-16(20)11-9-14)21-19(22)15-6-4-3-5-7-15/h3-11,13,23H,12H2,1-2H3. The van der Waals surface area contributed by atoms with E-state index in [0.717, 1.165) is 22.6 Å². The van der Waals surface area contributed by atoms with Gasteiger partial charge in [0.2, 0.25) is 0 Å². The maximum atomic E-state index is 13.2. The first-order chi connectivity index (χ1) is 11.1. The van der Waals surface area contributed by atoms with E-state index in [9.17, 15) is 9.50 Å². The summed E-state index contributed by atoms with van der Waals surface area (Å²) in [5, 5.41) is 9.89. The van der Waals surface area contributed by atoms with Gasteiger partial charge >= 0.3 is 0 Å². The maximum absolute atomic E-state index is 13.2. The smallest absolute Gasteiger partial charge is 0.141 e. The van der Waals surface area contributed by atoms with Crippen molar-refractivity contribution >= 4 is 0 Å². The summed E-state index contributed by atoms with van der Waals surface area (Å²) in [6.07, 6.45) is 0. The van der Waals surface area contributed by atoms with Gasteiger partial charge in [0.25, 0.3) is 0 Å². The number of rotatable bonds is 4. The zero-order valence-electron chi connectivity index (χ0n) is 13.2. The lowest BCUT2D eigenvalue weighted by Crippen LogP contribution is -2.08. The fourth-order valence-electron chi connectivity index (χ4n) is 2.80. The molecule has 0 amide bonds. The molecule has 2 aromatic carbocycles. The number of aromatic nitrogens is 2. The lowest BCUT2D eigenvalue weighted by Gasteiger charge is -2.15. The van der Waals surface area contributed by atoms with Crippen molar-refractivity contribution in [3.05, 3.63) is 66.1 Å². The van der Waals surface area contributed by atoms with E-state index in [-0.39, 0.29) is 18.5 Å². The zero-order chi connectivity index (χ0) is 16.4. The first kappa shape index (κ1) is 15.4. The number of benzene rings is 2. The minimum atomic E-state index is -0.286. The summed E-state index contributed by atoms with van der Waals surface area (Å²) in [4.78, 5) is 4.75. The minimum absolute atomic E-state index is 0.120. The van der Waals surface area contributed by atoms with Crippen molar-refractivity contribution < 1.29 is 9.50 Å². The molecule has 1 aromatic heterocycles. The molecule has 3 nitrogen and oxygen atoms in total. The molecule has 0 atom stereocenters. The van der Waals surface area contributed by atoms with Gasteiger partial charge in [-0.15, -0.1) is 0 Å². The van der Waals surface area contributed by atoms with Gasteiger partial charge in [0.05, 0.1) is 18.0 Å². The highest BCUT2D eigenvalue weighted by atomic mass is 19.1. The van der Waals surface area contributed by atoms with Gasteiger partial charge in [-0.1, -0.05) is 30.3 Å². The number of nitrogens with zero attached hydrogens (tertiary/aromatic N) is 2. The summed E-state index contributed by atoms with van der Waals surface area (Å²) in [5.41, 5.74) is 3.22. The van der Waals surface area contributed by atoms with Crippen molar-refractivity contribution in [3.8, 4) is 22.6 Å². The van der Waals surface area contributed by atoms with Crippen molar-refractivity contribution in [2.45, 2.75) is 26.5 Å². The Balaban J connectivity index is 2.23. The second-order valence-electron chi connectivity index (χ2n) is 5.73. The van der Waals surface area contributed by atoms with Crippen LogP contribution in [0.25, 0.3) is 22.6 Å². The maximum Gasteiger partial charge on any atom is 0.141 e. The van der Waals surface area contributed by atoms with Crippen LogP contribution in [0, 0.1) is 5.82 Å². The predicted molar refractivity (Wildman–Crippen MR) is 89.4 cm³/mol. The number of aliphatic hydroxyl groups excluding tert-OH is 1. The molecule has 1 N–H and O–H groups in total. The van der Waals surface area contributed by atoms with Gasteiger partial charge in [0.15, 0.2) is 0 Å². The molecule has 118 valence electrons.